The molecular formula is C17H28ClN3O. The van der Waals surface area contributed by atoms with Gasteiger partial charge >= 0.3 is 6.03 Å². The van der Waals surface area contributed by atoms with E-state index in [4.69, 9.17) is 11.6 Å². The van der Waals surface area contributed by atoms with Crippen molar-refractivity contribution in [3.05, 3.63) is 34.9 Å². The number of nitrogens with one attached hydrogen (secondary N) is 2. The molecule has 1 atom stereocenters. The van der Waals surface area contributed by atoms with E-state index in [1.165, 1.54) is 0 Å². The fourth-order valence-corrected chi connectivity index (χ4v) is 2.48. The third-order valence-electron chi connectivity index (χ3n) is 3.63. The predicted octanol–water partition coefficient (Wildman–Crippen LogP) is 3.68. The highest BCUT2D eigenvalue weighted by Gasteiger charge is 2.18. The Morgan fingerprint density at radius 3 is 2.14 bits per heavy atom. The van der Waals surface area contributed by atoms with E-state index in [2.05, 4.69) is 43.2 Å². The Bertz CT molecular complexity index is 444. The molecule has 0 saturated carbocycles. The van der Waals surface area contributed by atoms with Crippen molar-refractivity contribution in [3.63, 3.8) is 0 Å². The van der Waals surface area contributed by atoms with Crippen LogP contribution < -0.4 is 10.6 Å². The van der Waals surface area contributed by atoms with Crippen LogP contribution in [0.25, 0.3) is 0 Å². The van der Waals surface area contributed by atoms with Gasteiger partial charge in [0.1, 0.15) is 0 Å². The number of hydrogen-bond donors (Lipinski definition) is 2. The SMILES string of the molecule is CCN(CC)C(CNC(=O)NCC(C)C)c1ccc(Cl)cc1. The van der Waals surface area contributed by atoms with E-state index in [1.807, 2.05) is 24.3 Å². The number of rotatable bonds is 8. The minimum absolute atomic E-state index is 0.111. The number of likely N-dealkylation sites (N-methyl/N-ethyl adjacent to an activating group) is 1. The van der Waals surface area contributed by atoms with Gasteiger partial charge in [0.25, 0.3) is 0 Å². The van der Waals surface area contributed by atoms with Crippen molar-refractivity contribution in [3.8, 4) is 0 Å². The summed E-state index contributed by atoms with van der Waals surface area (Å²) in [6.45, 7) is 11.5. The lowest BCUT2D eigenvalue weighted by Crippen LogP contribution is -2.43. The van der Waals surface area contributed by atoms with Crippen LogP contribution in [-0.2, 0) is 0 Å². The highest BCUT2D eigenvalue weighted by atomic mass is 35.5. The fourth-order valence-electron chi connectivity index (χ4n) is 2.36. The summed E-state index contributed by atoms with van der Waals surface area (Å²) in [6, 6.07) is 7.88. The number of nitrogens with zero attached hydrogens (tertiary/aromatic N) is 1. The largest absolute Gasteiger partial charge is 0.338 e. The first-order valence-electron chi connectivity index (χ1n) is 7.99. The molecule has 0 bridgehead atoms. The Hall–Kier alpha value is -1.26. The molecular weight excluding hydrogens is 298 g/mol. The molecule has 0 aromatic heterocycles. The summed E-state index contributed by atoms with van der Waals surface area (Å²) in [7, 11) is 0. The second kappa shape index (κ2) is 9.70. The molecule has 0 radical (unpaired) electrons. The van der Waals surface area contributed by atoms with Crippen molar-refractivity contribution < 1.29 is 4.79 Å². The van der Waals surface area contributed by atoms with E-state index in [0.29, 0.717) is 19.0 Å². The molecule has 0 aliphatic carbocycles. The van der Waals surface area contributed by atoms with Gasteiger partial charge < -0.3 is 10.6 Å². The van der Waals surface area contributed by atoms with Crippen LogP contribution in [-0.4, -0.2) is 37.1 Å². The van der Waals surface area contributed by atoms with E-state index in [-0.39, 0.29) is 12.1 Å². The summed E-state index contributed by atoms with van der Waals surface area (Å²) >= 11 is 5.97. The summed E-state index contributed by atoms with van der Waals surface area (Å²) in [6.07, 6.45) is 0. The smallest absolute Gasteiger partial charge is 0.314 e. The molecule has 1 rings (SSSR count). The minimum Gasteiger partial charge on any atom is -0.338 e. The predicted molar refractivity (Wildman–Crippen MR) is 93.4 cm³/mol. The van der Waals surface area contributed by atoms with Gasteiger partial charge in [-0.3, -0.25) is 4.90 Å². The van der Waals surface area contributed by atoms with Crippen molar-refractivity contribution in [1.29, 1.82) is 0 Å². The molecule has 124 valence electrons. The Labute approximate surface area is 139 Å². The topological polar surface area (TPSA) is 44.4 Å². The lowest BCUT2D eigenvalue weighted by atomic mass is 10.1. The van der Waals surface area contributed by atoms with E-state index in [1.54, 1.807) is 0 Å². The zero-order chi connectivity index (χ0) is 16.5. The van der Waals surface area contributed by atoms with Gasteiger partial charge in [-0.1, -0.05) is 51.4 Å². The minimum atomic E-state index is -0.111. The zero-order valence-electron chi connectivity index (χ0n) is 14.0. The van der Waals surface area contributed by atoms with Gasteiger partial charge in [-0.05, 0) is 36.7 Å². The highest BCUT2D eigenvalue weighted by molar-refractivity contribution is 6.30. The molecule has 4 nitrogen and oxygen atoms in total. The molecule has 1 aromatic rings. The van der Waals surface area contributed by atoms with E-state index >= 15 is 0 Å². The Morgan fingerprint density at radius 2 is 1.64 bits per heavy atom. The van der Waals surface area contributed by atoms with E-state index < -0.39 is 0 Å². The molecule has 2 amide bonds. The first-order chi connectivity index (χ1) is 10.5. The lowest BCUT2D eigenvalue weighted by Gasteiger charge is -2.30. The first kappa shape index (κ1) is 18.8. The standard InChI is InChI=1S/C17H28ClN3O/c1-5-21(6-2)16(14-7-9-15(18)10-8-14)12-20-17(22)19-11-13(3)4/h7-10,13,16H,5-6,11-12H2,1-4H3,(H2,19,20,22). The van der Waals surface area contributed by atoms with E-state index in [0.717, 1.165) is 23.7 Å². The molecule has 0 aliphatic heterocycles. The maximum Gasteiger partial charge on any atom is 0.314 e. The number of carbonyl (C=O) groups excluding carboxylic acids is 1. The summed E-state index contributed by atoms with van der Waals surface area (Å²) in [5.41, 5.74) is 1.16. The Balaban J connectivity index is 2.70. The van der Waals surface area contributed by atoms with Crippen LogP contribution in [0.3, 0.4) is 0 Å². The van der Waals surface area contributed by atoms with Crippen molar-refractivity contribution in [2.24, 2.45) is 5.92 Å². The van der Waals surface area contributed by atoms with Gasteiger partial charge in [-0.15, -0.1) is 0 Å². The van der Waals surface area contributed by atoms with Crippen LogP contribution in [0, 0.1) is 5.92 Å². The number of carbonyl (C=O) groups is 1. The molecule has 0 saturated heterocycles. The number of benzene rings is 1. The third kappa shape index (κ3) is 6.24. The number of amides is 2. The molecule has 5 heteroatoms. The molecule has 2 N–H and O–H groups in total. The number of hydrogen-bond acceptors (Lipinski definition) is 2. The van der Waals surface area contributed by atoms with Crippen LogP contribution in [0.5, 0.6) is 0 Å². The van der Waals surface area contributed by atoms with Gasteiger partial charge in [0.2, 0.25) is 0 Å². The summed E-state index contributed by atoms with van der Waals surface area (Å²) < 4.78 is 0. The van der Waals surface area contributed by atoms with Gasteiger partial charge in [-0.2, -0.15) is 0 Å². The monoisotopic (exact) mass is 325 g/mol. The van der Waals surface area contributed by atoms with Crippen molar-refractivity contribution >= 4 is 17.6 Å². The zero-order valence-corrected chi connectivity index (χ0v) is 14.8. The fraction of sp³-hybridized carbons (Fsp3) is 0.588. The number of urea groups is 1. The molecule has 0 fully saturated rings. The average molecular weight is 326 g/mol. The van der Waals surface area contributed by atoms with Gasteiger partial charge in [0, 0.05) is 18.1 Å². The Kier molecular flexibility index (Phi) is 8.28. The highest BCUT2D eigenvalue weighted by Crippen LogP contribution is 2.21. The summed E-state index contributed by atoms with van der Waals surface area (Å²) in [4.78, 5) is 14.2. The molecule has 1 aromatic carbocycles. The van der Waals surface area contributed by atoms with E-state index in [9.17, 15) is 4.79 Å². The van der Waals surface area contributed by atoms with Crippen LogP contribution in [0.2, 0.25) is 5.02 Å². The third-order valence-corrected chi connectivity index (χ3v) is 3.89. The van der Waals surface area contributed by atoms with Crippen molar-refractivity contribution in [1.82, 2.24) is 15.5 Å². The second-order valence-corrected chi connectivity index (χ2v) is 6.21. The molecule has 0 aliphatic rings. The lowest BCUT2D eigenvalue weighted by molar-refractivity contribution is 0.205. The second-order valence-electron chi connectivity index (χ2n) is 5.77. The maximum atomic E-state index is 11.9. The molecule has 22 heavy (non-hydrogen) atoms. The van der Waals surface area contributed by atoms with Gasteiger partial charge in [0.05, 0.1) is 6.04 Å². The normalized spacial score (nSPS) is 12.5. The van der Waals surface area contributed by atoms with Crippen LogP contribution in [0.15, 0.2) is 24.3 Å². The van der Waals surface area contributed by atoms with Crippen LogP contribution in [0.4, 0.5) is 4.79 Å². The van der Waals surface area contributed by atoms with Crippen molar-refractivity contribution in [2.45, 2.75) is 33.7 Å². The summed E-state index contributed by atoms with van der Waals surface area (Å²) in [5.74, 6) is 0.445. The quantitative estimate of drug-likeness (QED) is 0.765. The van der Waals surface area contributed by atoms with Gasteiger partial charge in [0.15, 0.2) is 0 Å². The molecule has 1 unspecified atom stereocenters. The summed E-state index contributed by atoms with van der Waals surface area (Å²) in [5, 5.41) is 6.59. The van der Waals surface area contributed by atoms with Crippen LogP contribution >= 0.6 is 11.6 Å². The van der Waals surface area contributed by atoms with Crippen molar-refractivity contribution in [2.75, 3.05) is 26.2 Å². The maximum absolute atomic E-state index is 11.9. The van der Waals surface area contributed by atoms with Crippen LogP contribution in [0.1, 0.15) is 39.3 Å². The first-order valence-corrected chi connectivity index (χ1v) is 8.36. The Morgan fingerprint density at radius 1 is 1.09 bits per heavy atom. The molecule has 0 spiro atoms. The number of halogens is 1. The molecule has 0 heterocycles. The van der Waals surface area contributed by atoms with Gasteiger partial charge in [-0.25, -0.2) is 4.79 Å². The average Bonchev–Trinajstić information content (AvgIpc) is 2.50.